The number of esters is 1. The maximum Gasteiger partial charge on any atom is 0.404 e. The van der Waals surface area contributed by atoms with Crippen LogP contribution in [-0.4, -0.2) is 24.3 Å². The van der Waals surface area contributed by atoms with Crippen LogP contribution in [0.2, 0.25) is 0 Å². The zero-order valence-electron chi connectivity index (χ0n) is 7.67. The van der Waals surface area contributed by atoms with Crippen molar-refractivity contribution in [2.24, 2.45) is 11.7 Å². The Morgan fingerprint density at radius 1 is 1.50 bits per heavy atom. The summed E-state index contributed by atoms with van der Waals surface area (Å²) >= 11 is 0. The van der Waals surface area contributed by atoms with Crippen LogP contribution >= 0.6 is 0 Å². The van der Waals surface area contributed by atoms with Crippen molar-refractivity contribution >= 4 is 5.97 Å². The molecule has 1 aliphatic rings. The lowest BCUT2D eigenvalue weighted by molar-refractivity contribution is -0.175. The van der Waals surface area contributed by atoms with E-state index >= 15 is 0 Å². The monoisotopic (exact) mass is 211 g/mol. The molecule has 0 spiro atoms. The lowest BCUT2D eigenvalue weighted by Gasteiger charge is -2.20. The standard InChI is InChI=1S/C8H12F3NO2/c1-4(6(12)8(9,10)11)7(13)14-5-2-3-5/h4-6H,2-3,12H2,1H3/t4-,6-/m1/s1. The highest BCUT2D eigenvalue weighted by Gasteiger charge is 2.44. The molecule has 0 saturated heterocycles. The number of carbonyl (C=O) groups excluding carboxylic acids is 1. The van der Waals surface area contributed by atoms with Gasteiger partial charge in [0.1, 0.15) is 12.1 Å². The van der Waals surface area contributed by atoms with Crippen LogP contribution in [0.4, 0.5) is 13.2 Å². The van der Waals surface area contributed by atoms with E-state index in [1.54, 1.807) is 0 Å². The molecule has 2 N–H and O–H groups in total. The largest absolute Gasteiger partial charge is 0.462 e. The molecule has 1 aliphatic carbocycles. The van der Waals surface area contributed by atoms with Gasteiger partial charge in [-0.2, -0.15) is 13.2 Å². The first-order valence-corrected chi connectivity index (χ1v) is 4.35. The maximum atomic E-state index is 12.1. The van der Waals surface area contributed by atoms with Crippen LogP contribution in [0.5, 0.6) is 0 Å². The summed E-state index contributed by atoms with van der Waals surface area (Å²) in [5.41, 5.74) is 4.87. The third kappa shape index (κ3) is 2.87. The van der Waals surface area contributed by atoms with Gasteiger partial charge in [0.15, 0.2) is 0 Å². The van der Waals surface area contributed by atoms with E-state index in [-0.39, 0.29) is 6.10 Å². The van der Waals surface area contributed by atoms with E-state index in [9.17, 15) is 18.0 Å². The summed E-state index contributed by atoms with van der Waals surface area (Å²) in [6.45, 7) is 1.13. The molecule has 3 nitrogen and oxygen atoms in total. The lowest BCUT2D eigenvalue weighted by atomic mass is 10.0. The van der Waals surface area contributed by atoms with E-state index in [0.29, 0.717) is 0 Å². The minimum absolute atomic E-state index is 0.189. The number of halogens is 3. The first kappa shape index (κ1) is 11.3. The smallest absolute Gasteiger partial charge is 0.404 e. The summed E-state index contributed by atoms with van der Waals surface area (Å²) in [7, 11) is 0. The summed E-state index contributed by atoms with van der Waals surface area (Å²) in [4.78, 5) is 11.1. The Kier molecular flexibility index (Phi) is 3.04. The topological polar surface area (TPSA) is 52.3 Å². The van der Waals surface area contributed by atoms with Gasteiger partial charge in [0.05, 0.1) is 5.92 Å². The molecule has 1 saturated carbocycles. The van der Waals surface area contributed by atoms with E-state index in [0.717, 1.165) is 19.8 Å². The molecule has 0 aliphatic heterocycles. The third-order valence-electron chi connectivity index (χ3n) is 2.10. The predicted octanol–water partition coefficient (Wildman–Crippen LogP) is 1.22. The second-order valence-corrected chi connectivity index (χ2v) is 3.49. The van der Waals surface area contributed by atoms with Crippen LogP contribution < -0.4 is 5.73 Å². The number of hydrogen-bond donors (Lipinski definition) is 1. The Balaban J connectivity index is 2.45. The van der Waals surface area contributed by atoms with Crippen molar-refractivity contribution in [1.82, 2.24) is 0 Å². The molecule has 1 rings (SSSR count). The van der Waals surface area contributed by atoms with E-state index in [1.807, 2.05) is 0 Å². The Hall–Kier alpha value is -0.780. The number of rotatable bonds is 3. The fourth-order valence-corrected chi connectivity index (χ4v) is 0.888. The maximum absolute atomic E-state index is 12.1. The molecule has 0 aromatic rings. The van der Waals surface area contributed by atoms with Gasteiger partial charge in [-0.05, 0) is 12.8 Å². The van der Waals surface area contributed by atoms with Crippen LogP contribution in [0, 0.1) is 5.92 Å². The van der Waals surface area contributed by atoms with Crippen molar-refractivity contribution in [1.29, 1.82) is 0 Å². The van der Waals surface area contributed by atoms with E-state index < -0.39 is 24.1 Å². The van der Waals surface area contributed by atoms with Crippen molar-refractivity contribution < 1.29 is 22.7 Å². The van der Waals surface area contributed by atoms with E-state index in [1.165, 1.54) is 0 Å². The summed E-state index contributed by atoms with van der Waals surface area (Å²) in [6.07, 6.45) is -3.27. The Morgan fingerprint density at radius 2 is 2.00 bits per heavy atom. The number of hydrogen-bond acceptors (Lipinski definition) is 3. The van der Waals surface area contributed by atoms with Gasteiger partial charge >= 0.3 is 12.1 Å². The SMILES string of the molecule is C[C@@H](C(=O)OC1CC1)[C@@H](N)C(F)(F)F. The third-order valence-corrected chi connectivity index (χ3v) is 2.10. The van der Waals surface area contributed by atoms with Crippen LogP contribution in [0.25, 0.3) is 0 Å². The molecule has 1 fully saturated rings. The van der Waals surface area contributed by atoms with Crippen LogP contribution in [-0.2, 0) is 9.53 Å². The van der Waals surface area contributed by atoms with Gasteiger partial charge in [-0.3, -0.25) is 4.79 Å². The quantitative estimate of drug-likeness (QED) is 0.714. The fourth-order valence-electron chi connectivity index (χ4n) is 0.888. The van der Waals surface area contributed by atoms with Crippen LogP contribution in [0.15, 0.2) is 0 Å². The van der Waals surface area contributed by atoms with Gasteiger partial charge < -0.3 is 10.5 Å². The van der Waals surface area contributed by atoms with Crippen molar-refractivity contribution in [3.05, 3.63) is 0 Å². The van der Waals surface area contributed by atoms with Gasteiger partial charge in [-0.15, -0.1) is 0 Å². The molecule has 6 heteroatoms. The van der Waals surface area contributed by atoms with Gasteiger partial charge in [0.25, 0.3) is 0 Å². The number of nitrogens with two attached hydrogens (primary N) is 1. The van der Waals surface area contributed by atoms with Crippen molar-refractivity contribution in [2.45, 2.75) is 38.1 Å². The molecular formula is C8H12F3NO2. The fraction of sp³-hybridized carbons (Fsp3) is 0.875. The zero-order chi connectivity index (χ0) is 10.9. The molecule has 0 unspecified atom stereocenters. The molecule has 2 atom stereocenters. The Bertz CT molecular complexity index is 225. The highest BCUT2D eigenvalue weighted by atomic mass is 19.4. The first-order chi connectivity index (χ1) is 6.32. The molecule has 0 aromatic heterocycles. The van der Waals surface area contributed by atoms with Crippen molar-refractivity contribution in [3.8, 4) is 0 Å². The average Bonchev–Trinajstić information content (AvgIpc) is 2.83. The molecule has 0 aromatic carbocycles. The van der Waals surface area contributed by atoms with Gasteiger partial charge in [0, 0.05) is 0 Å². The highest BCUT2D eigenvalue weighted by Crippen LogP contribution is 2.28. The van der Waals surface area contributed by atoms with Crippen molar-refractivity contribution in [3.63, 3.8) is 0 Å². The zero-order valence-corrected chi connectivity index (χ0v) is 7.67. The first-order valence-electron chi connectivity index (χ1n) is 4.35. The highest BCUT2D eigenvalue weighted by molar-refractivity contribution is 5.73. The van der Waals surface area contributed by atoms with Crippen molar-refractivity contribution in [2.75, 3.05) is 0 Å². The molecule has 82 valence electrons. The Morgan fingerprint density at radius 3 is 2.36 bits per heavy atom. The van der Waals surface area contributed by atoms with Gasteiger partial charge in [0.2, 0.25) is 0 Å². The van der Waals surface area contributed by atoms with E-state index in [2.05, 4.69) is 0 Å². The summed E-state index contributed by atoms with van der Waals surface area (Å²) in [5, 5.41) is 0. The van der Waals surface area contributed by atoms with Gasteiger partial charge in [-0.1, -0.05) is 6.92 Å². The van der Waals surface area contributed by atoms with Gasteiger partial charge in [-0.25, -0.2) is 0 Å². The number of ether oxygens (including phenoxy) is 1. The second kappa shape index (κ2) is 3.76. The molecule has 0 radical (unpaired) electrons. The minimum Gasteiger partial charge on any atom is -0.462 e. The molecular weight excluding hydrogens is 199 g/mol. The molecule has 0 bridgehead atoms. The summed E-state index contributed by atoms with van der Waals surface area (Å²) < 4.78 is 41.0. The number of alkyl halides is 3. The lowest BCUT2D eigenvalue weighted by Crippen LogP contribution is -2.46. The second-order valence-electron chi connectivity index (χ2n) is 3.49. The number of carbonyl (C=O) groups is 1. The summed E-state index contributed by atoms with van der Waals surface area (Å²) in [6, 6.07) is -2.14. The van der Waals surface area contributed by atoms with E-state index in [4.69, 9.17) is 10.5 Å². The average molecular weight is 211 g/mol. The molecule has 14 heavy (non-hydrogen) atoms. The van der Waals surface area contributed by atoms with Crippen LogP contribution in [0.3, 0.4) is 0 Å². The molecule has 0 amide bonds. The Labute approximate surface area is 79.4 Å². The normalized spacial score (nSPS) is 21.5. The molecule has 0 heterocycles. The summed E-state index contributed by atoms with van der Waals surface area (Å²) in [5.74, 6) is -2.20. The predicted molar refractivity (Wildman–Crippen MR) is 42.3 cm³/mol. The van der Waals surface area contributed by atoms with Crippen LogP contribution in [0.1, 0.15) is 19.8 Å². The minimum atomic E-state index is -4.55.